The first-order chi connectivity index (χ1) is 12.3. The molecular formula is C20H25N3O2. The number of carbonyl (C=O) groups is 1. The van der Waals surface area contributed by atoms with Crippen LogP contribution in [0.1, 0.15) is 36.6 Å². The third-order valence-electron chi connectivity index (χ3n) is 5.45. The number of ether oxygens (including phenoxy) is 1. The summed E-state index contributed by atoms with van der Waals surface area (Å²) in [5.41, 5.74) is 2.34. The van der Waals surface area contributed by atoms with E-state index in [4.69, 9.17) is 4.74 Å². The van der Waals surface area contributed by atoms with Gasteiger partial charge in [0.05, 0.1) is 12.4 Å². The minimum absolute atomic E-state index is 0.0373. The number of imidazole rings is 1. The number of carbonyl (C=O) groups excluding carboxylic acids is 1. The summed E-state index contributed by atoms with van der Waals surface area (Å²) in [6, 6.07) is 10.4. The number of benzene rings is 1. The van der Waals surface area contributed by atoms with Crippen LogP contribution in [-0.4, -0.2) is 28.7 Å². The molecule has 1 amide bonds. The molecule has 0 bridgehead atoms. The molecule has 3 heterocycles. The van der Waals surface area contributed by atoms with E-state index >= 15 is 0 Å². The van der Waals surface area contributed by atoms with Gasteiger partial charge in [0, 0.05) is 44.0 Å². The zero-order valence-electron chi connectivity index (χ0n) is 14.4. The molecule has 0 spiro atoms. The Kier molecular flexibility index (Phi) is 4.83. The monoisotopic (exact) mass is 339 g/mol. The highest BCUT2D eigenvalue weighted by Crippen LogP contribution is 2.28. The number of nitrogens with one attached hydrogen (secondary N) is 1. The van der Waals surface area contributed by atoms with E-state index in [1.165, 1.54) is 5.56 Å². The van der Waals surface area contributed by atoms with Crippen LogP contribution in [0, 0.1) is 11.8 Å². The molecule has 0 aliphatic carbocycles. The Bertz CT molecular complexity index is 707. The SMILES string of the molecule is O=C(N[C@H](C[C@H]1CCOC1)c1ccccc1)[C@H]1CCn2cncc2C1. The average Bonchev–Trinajstić information content (AvgIpc) is 3.32. The van der Waals surface area contributed by atoms with E-state index < -0.39 is 0 Å². The summed E-state index contributed by atoms with van der Waals surface area (Å²) in [6.07, 6.45) is 7.42. The molecule has 1 N–H and O–H groups in total. The van der Waals surface area contributed by atoms with Crippen molar-refractivity contribution < 1.29 is 9.53 Å². The summed E-state index contributed by atoms with van der Waals surface area (Å²) in [6.45, 7) is 2.52. The fraction of sp³-hybridized carbons (Fsp3) is 0.500. The Morgan fingerprint density at radius 2 is 2.20 bits per heavy atom. The van der Waals surface area contributed by atoms with Crippen LogP contribution in [-0.2, 0) is 22.5 Å². The Labute approximate surface area is 148 Å². The lowest BCUT2D eigenvalue weighted by molar-refractivity contribution is -0.126. The Hall–Kier alpha value is -2.14. The highest BCUT2D eigenvalue weighted by molar-refractivity contribution is 5.79. The summed E-state index contributed by atoms with van der Waals surface area (Å²) >= 11 is 0. The van der Waals surface area contributed by atoms with Crippen LogP contribution in [0.15, 0.2) is 42.9 Å². The van der Waals surface area contributed by atoms with Gasteiger partial charge in [0.15, 0.2) is 0 Å². The first kappa shape index (κ1) is 16.3. The molecule has 3 atom stereocenters. The fourth-order valence-electron chi connectivity index (χ4n) is 3.95. The maximum absolute atomic E-state index is 12.9. The Balaban J connectivity index is 1.45. The molecule has 0 saturated carbocycles. The van der Waals surface area contributed by atoms with Gasteiger partial charge < -0.3 is 14.6 Å². The lowest BCUT2D eigenvalue weighted by Gasteiger charge is -2.27. The summed E-state index contributed by atoms with van der Waals surface area (Å²) in [5.74, 6) is 0.730. The van der Waals surface area contributed by atoms with E-state index in [0.717, 1.165) is 51.1 Å². The zero-order chi connectivity index (χ0) is 17.1. The van der Waals surface area contributed by atoms with E-state index in [9.17, 15) is 4.79 Å². The van der Waals surface area contributed by atoms with Crippen molar-refractivity contribution >= 4 is 5.91 Å². The largest absolute Gasteiger partial charge is 0.381 e. The number of fused-ring (bicyclic) bond motifs is 1. The van der Waals surface area contributed by atoms with Crippen LogP contribution in [0.25, 0.3) is 0 Å². The lowest BCUT2D eigenvalue weighted by atomic mass is 9.91. The number of aromatic nitrogens is 2. The molecule has 1 aromatic heterocycles. The zero-order valence-corrected chi connectivity index (χ0v) is 14.4. The number of hydrogen-bond donors (Lipinski definition) is 1. The van der Waals surface area contributed by atoms with Crippen LogP contribution in [0.5, 0.6) is 0 Å². The Morgan fingerprint density at radius 1 is 1.32 bits per heavy atom. The molecule has 25 heavy (non-hydrogen) atoms. The maximum atomic E-state index is 12.9. The van der Waals surface area contributed by atoms with E-state index in [0.29, 0.717) is 5.92 Å². The first-order valence-corrected chi connectivity index (χ1v) is 9.21. The topological polar surface area (TPSA) is 56.1 Å². The molecule has 132 valence electrons. The smallest absolute Gasteiger partial charge is 0.224 e. The van der Waals surface area contributed by atoms with Crippen molar-refractivity contribution in [1.82, 2.24) is 14.9 Å². The van der Waals surface area contributed by atoms with Gasteiger partial charge in [-0.25, -0.2) is 4.98 Å². The number of amides is 1. The van der Waals surface area contributed by atoms with Crippen molar-refractivity contribution in [3.8, 4) is 0 Å². The van der Waals surface area contributed by atoms with E-state index in [-0.39, 0.29) is 17.9 Å². The average molecular weight is 339 g/mol. The minimum Gasteiger partial charge on any atom is -0.381 e. The van der Waals surface area contributed by atoms with Gasteiger partial charge in [0.25, 0.3) is 0 Å². The summed E-state index contributed by atoms with van der Waals surface area (Å²) in [7, 11) is 0. The second-order valence-corrected chi connectivity index (χ2v) is 7.21. The van der Waals surface area contributed by atoms with Gasteiger partial charge in [-0.1, -0.05) is 30.3 Å². The third kappa shape index (κ3) is 3.76. The summed E-state index contributed by atoms with van der Waals surface area (Å²) < 4.78 is 7.67. The molecule has 5 heteroatoms. The van der Waals surface area contributed by atoms with Crippen molar-refractivity contribution in [2.75, 3.05) is 13.2 Å². The second kappa shape index (κ2) is 7.40. The van der Waals surface area contributed by atoms with Crippen LogP contribution >= 0.6 is 0 Å². The van der Waals surface area contributed by atoms with Crippen LogP contribution in [0.4, 0.5) is 0 Å². The van der Waals surface area contributed by atoms with Crippen molar-refractivity contribution in [3.05, 3.63) is 54.1 Å². The molecule has 0 unspecified atom stereocenters. The van der Waals surface area contributed by atoms with Gasteiger partial charge >= 0.3 is 0 Å². The van der Waals surface area contributed by atoms with Crippen LogP contribution < -0.4 is 5.32 Å². The number of nitrogens with zero attached hydrogens (tertiary/aromatic N) is 2. The normalized spacial score (nSPS) is 23.8. The lowest BCUT2D eigenvalue weighted by Crippen LogP contribution is -2.38. The number of hydrogen-bond acceptors (Lipinski definition) is 3. The van der Waals surface area contributed by atoms with Gasteiger partial charge in [0.1, 0.15) is 0 Å². The van der Waals surface area contributed by atoms with Crippen molar-refractivity contribution in [2.45, 2.75) is 38.3 Å². The van der Waals surface area contributed by atoms with E-state index in [2.05, 4.69) is 27.0 Å². The van der Waals surface area contributed by atoms with Crippen LogP contribution in [0.3, 0.4) is 0 Å². The van der Waals surface area contributed by atoms with Gasteiger partial charge in [0.2, 0.25) is 5.91 Å². The maximum Gasteiger partial charge on any atom is 0.224 e. The molecule has 2 aliphatic heterocycles. The van der Waals surface area contributed by atoms with Gasteiger partial charge in [-0.2, -0.15) is 0 Å². The van der Waals surface area contributed by atoms with Crippen LogP contribution in [0.2, 0.25) is 0 Å². The second-order valence-electron chi connectivity index (χ2n) is 7.21. The van der Waals surface area contributed by atoms with Gasteiger partial charge in [-0.05, 0) is 30.7 Å². The number of rotatable bonds is 5. The Morgan fingerprint density at radius 3 is 3.00 bits per heavy atom. The molecule has 0 radical (unpaired) electrons. The standard InChI is InChI=1S/C20H25N3O2/c24-20(17-6-8-23-14-21-12-18(23)11-17)22-19(10-15-7-9-25-13-15)16-4-2-1-3-5-16/h1-5,12,14-15,17,19H,6-11,13H2,(H,22,24)/t15-,17+,19-/m1/s1. The van der Waals surface area contributed by atoms with Crippen molar-refractivity contribution in [2.24, 2.45) is 11.8 Å². The predicted molar refractivity (Wildman–Crippen MR) is 94.9 cm³/mol. The molecule has 2 aromatic rings. The molecule has 5 nitrogen and oxygen atoms in total. The summed E-state index contributed by atoms with van der Waals surface area (Å²) in [5, 5.41) is 3.33. The minimum atomic E-state index is 0.0373. The number of aryl methyl sites for hydroxylation is 1. The predicted octanol–water partition coefficient (Wildman–Crippen LogP) is 2.73. The highest BCUT2D eigenvalue weighted by Gasteiger charge is 2.28. The quantitative estimate of drug-likeness (QED) is 0.911. The van der Waals surface area contributed by atoms with E-state index in [1.54, 1.807) is 0 Å². The van der Waals surface area contributed by atoms with Gasteiger partial charge in [-0.15, -0.1) is 0 Å². The third-order valence-corrected chi connectivity index (χ3v) is 5.45. The molecule has 1 saturated heterocycles. The van der Waals surface area contributed by atoms with E-state index in [1.807, 2.05) is 30.7 Å². The molecular weight excluding hydrogens is 314 g/mol. The van der Waals surface area contributed by atoms with Gasteiger partial charge in [-0.3, -0.25) is 4.79 Å². The highest BCUT2D eigenvalue weighted by atomic mass is 16.5. The first-order valence-electron chi connectivity index (χ1n) is 9.21. The van der Waals surface area contributed by atoms with Crippen molar-refractivity contribution in [3.63, 3.8) is 0 Å². The molecule has 1 aromatic carbocycles. The van der Waals surface area contributed by atoms with Crippen molar-refractivity contribution in [1.29, 1.82) is 0 Å². The molecule has 1 fully saturated rings. The molecule has 2 aliphatic rings. The fourth-order valence-corrected chi connectivity index (χ4v) is 3.95. The summed E-state index contributed by atoms with van der Waals surface area (Å²) in [4.78, 5) is 17.1. The molecule has 4 rings (SSSR count).